The van der Waals surface area contributed by atoms with Gasteiger partial charge in [-0.15, -0.1) is 0 Å². The third kappa shape index (κ3) is 34.4. The van der Waals surface area contributed by atoms with Crippen molar-refractivity contribution in [3.8, 4) is 0 Å². The third-order valence-corrected chi connectivity index (χ3v) is 10.0. The van der Waals surface area contributed by atoms with Crippen LogP contribution >= 0.6 is 23.5 Å². The van der Waals surface area contributed by atoms with Gasteiger partial charge in [-0.1, -0.05) is 181 Å². The zero-order valence-corrected chi connectivity index (χ0v) is 28.0. The highest BCUT2D eigenvalue weighted by atomic mass is 32.2. The van der Waals surface area contributed by atoms with E-state index in [1.54, 1.807) is 0 Å². The number of hydrogen-bond donors (Lipinski definition) is 0. The van der Waals surface area contributed by atoms with Crippen molar-refractivity contribution in [1.82, 2.24) is 0 Å². The van der Waals surface area contributed by atoms with Gasteiger partial charge in [-0.25, -0.2) is 0 Å². The minimum absolute atomic E-state index is 0.454. The monoisotopic (exact) mass is 570 g/mol. The SMILES string of the molecule is CCCCCCCCCCCCCCCCSCC(=O)CSCCCCCCCCCCCCCCCC. The molecule has 1 nitrogen and oxygen atoms in total. The van der Waals surface area contributed by atoms with Crippen molar-refractivity contribution in [2.75, 3.05) is 23.0 Å². The predicted octanol–water partition coefficient (Wildman–Crippen LogP) is 13.0. The Morgan fingerprint density at radius 1 is 0.342 bits per heavy atom. The van der Waals surface area contributed by atoms with Crippen molar-refractivity contribution in [1.29, 1.82) is 0 Å². The standard InChI is InChI=1S/C35H70OS2/c1-3-5-7-9-11-13-15-17-19-21-23-25-27-29-31-37-33-35(36)34-38-32-30-28-26-24-22-20-18-16-14-12-10-8-6-4-2/h3-34H2,1-2H3. The van der Waals surface area contributed by atoms with Crippen LogP contribution in [0.1, 0.15) is 194 Å². The van der Waals surface area contributed by atoms with Crippen molar-refractivity contribution in [3.05, 3.63) is 0 Å². The molecule has 3 heteroatoms. The van der Waals surface area contributed by atoms with Gasteiger partial charge in [-0.3, -0.25) is 4.79 Å². The van der Waals surface area contributed by atoms with Crippen molar-refractivity contribution < 1.29 is 4.79 Å². The van der Waals surface area contributed by atoms with E-state index in [0.717, 1.165) is 11.5 Å². The summed E-state index contributed by atoms with van der Waals surface area (Å²) in [5.41, 5.74) is 0. The van der Waals surface area contributed by atoms with Crippen LogP contribution in [0.25, 0.3) is 0 Å². The van der Waals surface area contributed by atoms with Gasteiger partial charge >= 0.3 is 0 Å². The minimum atomic E-state index is 0.454. The van der Waals surface area contributed by atoms with Crippen LogP contribution in [0.4, 0.5) is 0 Å². The molecule has 0 spiro atoms. The quantitative estimate of drug-likeness (QED) is 0.0716. The highest BCUT2D eigenvalue weighted by molar-refractivity contribution is 8.01. The van der Waals surface area contributed by atoms with Crippen LogP contribution in [0.3, 0.4) is 0 Å². The number of unbranched alkanes of at least 4 members (excludes halogenated alkanes) is 26. The molecule has 228 valence electrons. The third-order valence-electron chi connectivity index (χ3n) is 7.81. The van der Waals surface area contributed by atoms with Gasteiger partial charge in [0.25, 0.3) is 0 Å². The Morgan fingerprint density at radius 2 is 0.553 bits per heavy atom. The van der Waals surface area contributed by atoms with Crippen LogP contribution in [-0.4, -0.2) is 28.8 Å². The van der Waals surface area contributed by atoms with E-state index in [-0.39, 0.29) is 0 Å². The first-order valence-electron chi connectivity index (χ1n) is 17.5. The Labute approximate surface area is 250 Å². The van der Waals surface area contributed by atoms with Crippen molar-refractivity contribution in [2.24, 2.45) is 0 Å². The molecule has 0 aromatic carbocycles. The summed E-state index contributed by atoms with van der Waals surface area (Å²) in [6.45, 7) is 4.59. The smallest absolute Gasteiger partial charge is 0.152 e. The average molecular weight is 571 g/mol. The molecule has 0 aromatic heterocycles. The number of Topliss-reactive ketones (excluding diaryl/α,β-unsaturated/α-hetero) is 1. The Bertz CT molecular complexity index is 402. The molecule has 0 fully saturated rings. The second-order valence-corrected chi connectivity index (χ2v) is 14.0. The Morgan fingerprint density at radius 3 is 0.789 bits per heavy atom. The van der Waals surface area contributed by atoms with Gasteiger partial charge in [0.1, 0.15) is 0 Å². The van der Waals surface area contributed by atoms with E-state index >= 15 is 0 Å². The molecule has 38 heavy (non-hydrogen) atoms. The van der Waals surface area contributed by atoms with Crippen LogP contribution in [0.2, 0.25) is 0 Å². The summed E-state index contributed by atoms with van der Waals surface area (Å²) >= 11 is 3.74. The summed E-state index contributed by atoms with van der Waals surface area (Å²) in [6.07, 6.45) is 39.6. The summed E-state index contributed by atoms with van der Waals surface area (Å²) in [5, 5.41) is 0. The molecule has 0 aliphatic heterocycles. The average Bonchev–Trinajstić information content (AvgIpc) is 2.92. The Balaban J connectivity index is 3.14. The van der Waals surface area contributed by atoms with Crippen molar-refractivity contribution in [3.63, 3.8) is 0 Å². The van der Waals surface area contributed by atoms with Gasteiger partial charge in [0.15, 0.2) is 5.78 Å². The molecule has 0 rings (SSSR count). The topological polar surface area (TPSA) is 17.1 Å². The van der Waals surface area contributed by atoms with Crippen LogP contribution in [0.5, 0.6) is 0 Å². The van der Waals surface area contributed by atoms with E-state index in [1.807, 2.05) is 23.5 Å². The van der Waals surface area contributed by atoms with E-state index < -0.39 is 0 Å². The molecule has 0 aliphatic carbocycles. The molecule has 0 atom stereocenters. The summed E-state index contributed by atoms with van der Waals surface area (Å²) in [4.78, 5) is 12.1. The fraction of sp³-hybridized carbons (Fsp3) is 0.971. The molecule has 0 saturated heterocycles. The lowest BCUT2D eigenvalue weighted by molar-refractivity contribution is -0.114. The Kier molecular flexibility index (Phi) is 35.7. The second kappa shape index (κ2) is 35.4. The molecular formula is C35H70OS2. The second-order valence-electron chi connectivity index (χ2n) is 11.8. The molecular weight excluding hydrogens is 501 g/mol. The summed E-state index contributed by atoms with van der Waals surface area (Å²) in [6, 6.07) is 0. The summed E-state index contributed by atoms with van der Waals surface area (Å²) in [5.74, 6) is 4.28. The molecule has 0 unspecified atom stereocenters. The lowest BCUT2D eigenvalue weighted by atomic mass is 10.0. The molecule has 0 radical (unpaired) electrons. The molecule has 0 saturated carbocycles. The zero-order valence-electron chi connectivity index (χ0n) is 26.4. The summed E-state index contributed by atoms with van der Waals surface area (Å²) in [7, 11) is 0. The van der Waals surface area contributed by atoms with Gasteiger partial charge in [0.2, 0.25) is 0 Å². The van der Waals surface area contributed by atoms with Gasteiger partial charge in [-0.05, 0) is 24.3 Å². The van der Waals surface area contributed by atoms with E-state index in [2.05, 4.69) is 13.8 Å². The van der Waals surface area contributed by atoms with Gasteiger partial charge in [-0.2, -0.15) is 23.5 Å². The maximum Gasteiger partial charge on any atom is 0.152 e. The molecule has 0 N–H and O–H groups in total. The van der Waals surface area contributed by atoms with E-state index in [9.17, 15) is 4.79 Å². The number of carbonyl (C=O) groups is 1. The van der Waals surface area contributed by atoms with Crippen LogP contribution in [-0.2, 0) is 4.79 Å². The van der Waals surface area contributed by atoms with E-state index in [4.69, 9.17) is 0 Å². The fourth-order valence-electron chi connectivity index (χ4n) is 5.21. The van der Waals surface area contributed by atoms with Gasteiger partial charge in [0, 0.05) is 0 Å². The van der Waals surface area contributed by atoms with E-state index in [0.29, 0.717) is 5.78 Å². The first kappa shape index (κ1) is 38.4. The predicted molar refractivity (Wildman–Crippen MR) is 180 cm³/mol. The normalized spacial score (nSPS) is 11.4. The number of ketones is 1. The number of rotatable bonds is 34. The van der Waals surface area contributed by atoms with Crippen LogP contribution in [0.15, 0.2) is 0 Å². The van der Waals surface area contributed by atoms with Crippen molar-refractivity contribution in [2.45, 2.75) is 194 Å². The summed E-state index contributed by atoms with van der Waals surface area (Å²) < 4.78 is 0. The molecule has 0 aromatic rings. The fourth-order valence-corrected chi connectivity index (χ4v) is 7.10. The highest BCUT2D eigenvalue weighted by Gasteiger charge is 2.03. The highest BCUT2D eigenvalue weighted by Crippen LogP contribution is 2.16. The van der Waals surface area contributed by atoms with Crippen molar-refractivity contribution >= 4 is 29.3 Å². The number of hydrogen-bond acceptors (Lipinski definition) is 3. The first-order chi connectivity index (χ1) is 18.8. The molecule has 0 aliphatic rings. The zero-order chi connectivity index (χ0) is 27.6. The molecule has 0 heterocycles. The number of carbonyl (C=O) groups excluding carboxylic acids is 1. The van der Waals surface area contributed by atoms with Gasteiger partial charge in [0.05, 0.1) is 11.5 Å². The lowest BCUT2D eigenvalue weighted by Gasteiger charge is -2.04. The molecule has 0 bridgehead atoms. The van der Waals surface area contributed by atoms with Crippen LogP contribution < -0.4 is 0 Å². The largest absolute Gasteiger partial charge is 0.298 e. The van der Waals surface area contributed by atoms with Gasteiger partial charge < -0.3 is 0 Å². The maximum atomic E-state index is 12.1. The van der Waals surface area contributed by atoms with E-state index in [1.165, 1.54) is 191 Å². The molecule has 0 amide bonds. The van der Waals surface area contributed by atoms with Crippen LogP contribution in [0, 0.1) is 0 Å². The Hall–Kier alpha value is 0.370. The first-order valence-corrected chi connectivity index (χ1v) is 19.8. The minimum Gasteiger partial charge on any atom is -0.298 e. The number of thioether (sulfide) groups is 2. The maximum absolute atomic E-state index is 12.1. The lowest BCUT2D eigenvalue weighted by Crippen LogP contribution is -2.05.